The van der Waals surface area contributed by atoms with E-state index in [1.807, 2.05) is 42.7 Å². The van der Waals surface area contributed by atoms with Crippen molar-refractivity contribution in [2.45, 2.75) is 245 Å². The molecule has 16 heterocycles. The molecular weight excluding hydrogens is 1820 g/mol. The van der Waals surface area contributed by atoms with Crippen molar-refractivity contribution in [3.8, 4) is 56.7 Å². The highest BCUT2D eigenvalue weighted by Gasteiger charge is 2.34. The van der Waals surface area contributed by atoms with Crippen molar-refractivity contribution >= 4 is 83.6 Å². The minimum atomic E-state index is -0.290. The lowest BCUT2D eigenvalue weighted by Crippen LogP contribution is -2.48. The largest absolute Gasteiger partial charge is 0.381 e. The minimum absolute atomic E-state index is 0.288. The molecule has 0 amide bonds. The summed E-state index contributed by atoms with van der Waals surface area (Å²) in [5.41, 5.74) is 15.9. The lowest BCUT2D eigenvalue weighted by Gasteiger charge is -2.37. The van der Waals surface area contributed by atoms with Crippen LogP contribution in [0.2, 0.25) is 0 Å². The van der Waals surface area contributed by atoms with Crippen LogP contribution in [0.4, 0.5) is 37.9 Å². The first-order chi connectivity index (χ1) is 70.8. The summed E-state index contributed by atoms with van der Waals surface area (Å²) in [5, 5.41) is 32.1. The number of hydrogen-bond donors (Lipinski definition) is 5. The van der Waals surface area contributed by atoms with E-state index in [1.54, 1.807) is 51.2 Å². The van der Waals surface area contributed by atoms with E-state index in [0.29, 0.717) is 82.6 Å². The van der Waals surface area contributed by atoms with Gasteiger partial charge in [0.1, 0.15) is 59.7 Å². The van der Waals surface area contributed by atoms with Gasteiger partial charge in [-0.15, -0.1) is 0 Å². The highest BCUT2D eigenvalue weighted by atomic mass is 19.1. The zero-order valence-electron chi connectivity index (χ0n) is 85.7. The fourth-order valence-corrected chi connectivity index (χ4v) is 21.8. The molecule has 15 aromatic rings. The van der Waals surface area contributed by atoms with Gasteiger partial charge in [-0.3, -0.25) is 0 Å². The van der Waals surface area contributed by atoms with E-state index in [0.717, 1.165) is 262 Å². The van der Waals surface area contributed by atoms with Crippen molar-refractivity contribution in [1.82, 2.24) is 102 Å². The quantitative estimate of drug-likeness (QED) is 0.0421. The van der Waals surface area contributed by atoms with Crippen molar-refractivity contribution in [2.75, 3.05) is 116 Å². The average molecular weight is 1960 g/mol. The molecule has 10 aromatic heterocycles. The number of pyridine rings is 5. The molecule has 0 spiro atoms. The molecule has 23 rings (SSSR count). The number of ether oxygens (including phenoxy) is 1. The van der Waals surface area contributed by atoms with Crippen LogP contribution >= 0.6 is 0 Å². The number of halogens is 2. The van der Waals surface area contributed by atoms with Crippen molar-refractivity contribution in [2.24, 2.45) is 11.8 Å². The fourth-order valence-electron chi connectivity index (χ4n) is 21.8. The number of piperidine rings is 5. The van der Waals surface area contributed by atoms with Gasteiger partial charge in [-0.05, 0) is 271 Å². The highest BCUT2D eigenvalue weighted by molar-refractivity contribution is 5.94. The van der Waals surface area contributed by atoms with Crippen LogP contribution in [0.1, 0.15) is 191 Å². The molecule has 0 bridgehead atoms. The molecule has 2 saturated carbocycles. The first-order valence-electron chi connectivity index (χ1n) is 53.2. The van der Waals surface area contributed by atoms with Crippen molar-refractivity contribution in [3.05, 3.63) is 217 Å². The second-order valence-corrected chi connectivity index (χ2v) is 41.8. The van der Waals surface area contributed by atoms with E-state index < -0.39 is 0 Å². The molecule has 0 radical (unpaired) electrons. The summed E-state index contributed by atoms with van der Waals surface area (Å²) in [7, 11) is 0. The van der Waals surface area contributed by atoms with Gasteiger partial charge in [-0.1, -0.05) is 105 Å². The Balaban J connectivity index is 0.000000115. The minimum Gasteiger partial charge on any atom is -0.381 e. The van der Waals surface area contributed by atoms with Gasteiger partial charge in [0.05, 0.1) is 55.8 Å². The van der Waals surface area contributed by atoms with E-state index in [-0.39, 0.29) is 11.6 Å². The molecule has 28 nitrogen and oxygen atoms in total. The number of fused-ring (bicyclic) bond motifs is 5. The van der Waals surface area contributed by atoms with Gasteiger partial charge in [0.2, 0.25) is 0 Å². The van der Waals surface area contributed by atoms with Crippen molar-refractivity contribution in [3.63, 3.8) is 0 Å². The Morgan fingerprint density at radius 2 is 0.600 bits per heavy atom. The van der Waals surface area contributed by atoms with Crippen LogP contribution in [-0.2, 0) is 4.74 Å². The summed E-state index contributed by atoms with van der Waals surface area (Å²) in [6.45, 7) is 32.4. The maximum absolute atomic E-state index is 13.8. The van der Waals surface area contributed by atoms with Crippen molar-refractivity contribution < 1.29 is 22.6 Å². The molecule has 6 aliphatic heterocycles. The number of nitrogens with zero attached hydrogens (tertiary/aromatic N) is 20. The first-order valence-corrected chi connectivity index (χ1v) is 53.2. The lowest BCUT2D eigenvalue weighted by atomic mass is 9.93. The Hall–Kier alpha value is -12.7. The van der Waals surface area contributed by atoms with E-state index in [1.165, 1.54) is 135 Å². The van der Waals surface area contributed by atoms with Gasteiger partial charge in [0.25, 0.3) is 11.8 Å². The number of anilines is 5. The Morgan fingerprint density at radius 3 is 0.910 bits per heavy atom. The summed E-state index contributed by atoms with van der Waals surface area (Å²) in [6, 6.07) is 50.2. The Labute approximate surface area is 850 Å². The summed E-state index contributed by atoms with van der Waals surface area (Å²) in [4.78, 5) is 71.3. The van der Waals surface area contributed by atoms with Gasteiger partial charge in [0.15, 0.2) is 11.6 Å². The summed E-state index contributed by atoms with van der Waals surface area (Å²) >= 11 is 0. The predicted octanol–water partition coefficient (Wildman–Crippen LogP) is 21.0. The number of hydrogen-bond acceptors (Lipinski definition) is 28. The summed E-state index contributed by atoms with van der Waals surface area (Å²) in [6.07, 6.45) is 35.9. The van der Waals surface area contributed by atoms with Crippen LogP contribution in [0.15, 0.2) is 186 Å². The molecular formula is C115H141F2N25O3. The zero-order valence-corrected chi connectivity index (χ0v) is 85.7. The second-order valence-electron chi connectivity index (χ2n) is 41.8. The molecule has 0 unspecified atom stereocenters. The molecule has 30 heteroatoms. The van der Waals surface area contributed by atoms with Gasteiger partial charge in [0, 0.05) is 201 Å². The Morgan fingerprint density at radius 1 is 0.303 bits per heavy atom. The Kier molecular flexibility index (Phi) is 33.5. The number of rotatable bonds is 22. The molecule has 6 saturated heterocycles. The third-order valence-electron chi connectivity index (χ3n) is 29.7. The van der Waals surface area contributed by atoms with Crippen LogP contribution in [0.3, 0.4) is 0 Å². The van der Waals surface area contributed by atoms with Gasteiger partial charge in [-0.25, -0.2) is 63.6 Å². The summed E-state index contributed by atoms with van der Waals surface area (Å²) in [5.74, 6) is 7.52. The third kappa shape index (κ3) is 26.2. The average Bonchev–Trinajstić information content (AvgIpc) is 1.58. The number of aryl methyl sites for hydroxylation is 5. The fraction of sp³-hybridized carbons (Fsp3) is 0.470. The number of aromatic nitrogens is 15. The van der Waals surface area contributed by atoms with E-state index >= 15 is 0 Å². The Bertz CT molecular complexity index is 6760. The van der Waals surface area contributed by atoms with Crippen LogP contribution in [0.5, 0.6) is 0 Å². The lowest BCUT2D eigenvalue weighted by molar-refractivity contribution is 0.0738. The maximum atomic E-state index is 13.8. The molecule has 8 aliphatic rings. The van der Waals surface area contributed by atoms with E-state index in [9.17, 15) is 8.78 Å². The monoisotopic (exact) mass is 1960 g/mol. The molecule has 145 heavy (non-hydrogen) atoms. The smallest absolute Gasteiger partial charge is 0.261 e. The third-order valence-corrected chi connectivity index (χ3v) is 29.7. The highest BCUT2D eigenvalue weighted by Crippen LogP contribution is 2.41. The molecule has 5 aromatic carbocycles. The van der Waals surface area contributed by atoms with Gasteiger partial charge >= 0.3 is 0 Å². The normalized spacial score (nSPS) is 17.5. The molecule has 0 atom stereocenters. The van der Waals surface area contributed by atoms with Gasteiger partial charge in [-0.2, -0.15) is 9.97 Å². The standard InChI is InChI=1S/C25H31N5.C24H29N5.C23H29N5.C22H26FN5O2.C21H26FN5O/c1-18-7-8-23-19(15-18)16-22(24-9-12-26-17-27-24)25(29-23)30-13-10-21(11-14-30)28-20-5-3-2-4-6-20;1-17-6-7-22-18(14-17)15-21(23-8-11-25-16-26-23)24(28-22)29-12-9-20(10-13-29)27-19-4-2-3-5-19;1-16(2)14-25-19-7-10-28(11-8-19)23-20(22-6-9-24-15-26-22)13-18-12-17(3)4-5-21(18)27-23;1-14-24-22(30-27-14)19-12-15-2-3-16(23)13-20(15)26-21(19)28-8-4-17(5-9-28)25-18-6-10-29-11-7-18;1-13(2)12-23-17-6-8-27(9-7-17)20-18(21-24-14(3)26-28-21)10-15-4-5-16(22)11-19(15)25-20/h7-9,12,15-17,20-21,28H,2-6,10-11,13-14H2,1H3;6-8,11,14-16,19-20,27H,2-5,9-10,12-13H2,1H3;4-6,9,12-13,15-16,19,25H,7-8,10-11,14H2,1-3H3;2-3,12-13,17-18,25H,4-11H2,1H3;4-5,10-11,13,17,23H,6-9,12H2,1-3H3. The topological polar surface area (TPSA) is 305 Å². The molecule has 5 N–H and O–H groups in total. The first kappa shape index (κ1) is 101. The van der Waals surface area contributed by atoms with Gasteiger partial charge < -0.3 is 64.9 Å². The number of nitrogens with one attached hydrogen (secondary N) is 5. The van der Waals surface area contributed by atoms with E-state index in [2.05, 4.69) is 223 Å². The second kappa shape index (κ2) is 48.1. The van der Waals surface area contributed by atoms with Crippen molar-refractivity contribution in [1.29, 1.82) is 0 Å². The molecule has 2 aliphatic carbocycles. The number of benzene rings is 5. The summed E-state index contributed by atoms with van der Waals surface area (Å²) < 4.78 is 43.9. The van der Waals surface area contributed by atoms with Crippen LogP contribution < -0.4 is 51.1 Å². The van der Waals surface area contributed by atoms with E-state index in [4.69, 9.17) is 38.7 Å². The predicted molar refractivity (Wildman–Crippen MR) is 576 cm³/mol. The molecule has 8 fully saturated rings. The van der Waals surface area contributed by atoms with Crippen LogP contribution in [0.25, 0.3) is 111 Å². The van der Waals surface area contributed by atoms with Crippen LogP contribution in [-0.4, -0.2) is 215 Å². The molecule has 758 valence electrons. The maximum Gasteiger partial charge on any atom is 0.261 e. The van der Waals surface area contributed by atoms with Crippen LogP contribution in [0, 0.1) is 58.1 Å². The zero-order chi connectivity index (χ0) is 99.7. The SMILES string of the molecule is Cc1ccc2nc(N3CCC(NC4CCCC4)CC3)c(-c3ccncn3)cc2c1.Cc1ccc2nc(N3CCC(NC4CCCCC4)CC3)c(-c3ccncn3)cc2c1.Cc1ccc2nc(N3CCC(NCC(C)C)CC3)c(-c3ccncn3)cc2c1.Cc1noc(-c2cc3ccc(F)cc3nc2N2CCC(NC3CCOCC3)CC2)n1.Cc1noc(-c2cc3ccc(F)cc3nc2N2CCC(NCC(C)C)CC2)n1.